The number of anilines is 1. The average Bonchev–Trinajstić information content (AvgIpc) is 2.40. The van der Waals surface area contributed by atoms with Gasteiger partial charge >= 0.3 is 0 Å². The van der Waals surface area contributed by atoms with E-state index >= 15 is 0 Å². The van der Waals surface area contributed by atoms with E-state index in [0.29, 0.717) is 12.5 Å². The van der Waals surface area contributed by atoms with Gasteiger partial charge in [-0.1, -0.05) is 13.8 Å². The van der Waals surface area contributed by atoms with Crippen LogP contribution in [0.3, 0.4) is 0 Å². The Bertz CT molecular complexity index is 453. The first-order valence-corrected chi connectivity index (χ1v) is 7.38. The number of hydrogen-bond acceptors (Lipinski definition) is 5. The molecule has 1 fully saturated rings. The maximum Gasteiger partial charge on any atom is 0.133 e. The smallest absolute Gasteiger partial charge is 0.133 e. The number of piperidine rings is 1. The van der Waals surface area contributed by atoms with E-state index in [1.807, 2.05) is 13.1 Å². The van der Waals surface area contributed by atoms with E-state index in [4.69, 9.17) is 0 Å². The van der Waals surface area contributed by atoms with Crippen LogP contribution in [0, 0.1) is 6.92 Å². The van der Waals surface area contributed by atoms with Crippen LogP contribution in [0.4, 0.5) is 5.82 Å². The van der Waals surface area contributed by atoms with Gasteiger partial charge in [-0.15, -0.1) is 0 Å². The molecule has 1 saturated heterocycles. The third-order valence-corrected chi connectivity index (χ3v) is 4.06. The molecule has 1 aliphatic heterocycles. The van der Waals surface area contributed by atoms with Gasteiger partial charge in [0.05, 0.1) is 5.60 Å². The first-order valence-electron chi connectivity index (χ1n) is 7.38. The summed E-state index contributed by atoms with van der Waals surface area (Å²) in [5.74, 6) is 1.98. The Morgan fingerprint density at radius 2 is 2.05 bits per heavy atom. The Balaban J connectivity index is 2.05. The van der Waals surface area contributed by atoms with Crippen molar-refractivity contribution >= 4 is 5.82 Å². The Morgan fingerprint density at radius 1 is 1.40 bits per heavy atom. The summed E-state index contributed by atoms with van der Waals surface area (Å²) in [7, 11) is 2.09. The van der Waals surface area contributed by atoms with Crippen LogP contribution < -0.4 is 5.32 Å². The first kappa shape index (κ1) is 15.2. The minimum atomic E-state index is -0.625. The highest BCUT2D eigenvalue weighted by Crippen LogP contribution is 2.25. The van der Waals surface area contributed by atoms with Crippen LogP contribution in [-0.4, -0.2) is 52.3 Å². The van der Waals surface area contributed by atoms with Crippen molar-refractivity contribution in [3.05, 3.63) is 17.6 Å². The van der Waals surface area contributed by atoms with Crippen molar-refractivity contribution in [2.75, 3.05) is 32.0 Å². The molecule has 5 heteroatoms. The molecule has 0 aromatic carbocycles. The van der Waals surface area contributed by atoms with Gasteiger partial charge in [-0.25, -0.2) is 9.97 Å². The van der Waals surface area contributed by atoms with E-state index in [1.54, 1.807) is 0 Å². The average molecular weight is 278 g/mol. The predicted molar refractivity (Wildman–Crippen MR) is 81.0 cm³/mol. The van der Waals surface area contributed by atoms with Crippen molar-refractivity contribution in [1.82, 2.24) is 14.9 Å². The zero-order chi connectivity index (χ0) is 14.8. The predicted octanol–water partition coefficient (Wildman–Crippen LogP) is 1.78. The molecule has 112 valence electrons. The molecule has 1 aromatic heterocycles. The highest BCUT2D eigenvalue weighted by molar-refractivity contribution is 5.45. The number of aliphatic hydroxyl groups is 1. The summed E-state index contributed by atoms with van der Waals surface area (Å²) in [4.78, 5) is 11.0. The fourth-order valence-electron chi connectivity index (χ4n) is 2.50. The molecule has 0 saturated carbocycles. The van der Waals surface area contributed by atoms with Gasteiger partial charge in [-0.3, -0.25) is 0 Å². The molecule has 0 bridgehead atoms. The molecule has 0 unspecified atom stereocenters. The minimum absolute atomic E-state index is 0.366. The molecule has 0 atom stereocenters. The van der Waals surface area contributed by atoms with Gasteiger partial charge in [0.1, 0.15) is 11.6 Å². The number of hydrogen-bond donors (Lipinski definition) is 2. The lowest BCUT2D eigenvalue weighted by Gasteiger charge is -2.36. The lowest BCUT2D eigenvalue weighted by Crippen LogP contribution is -2.47. The molecule has 1 aliphatic rings. The van der Waals surface area contributed by atoms with E-state index in [1.165, 1.54) is 0 Å². The second kappa shape index (κ2) is 6.06. The van der Waals surface area contributed by atoms with Crippen LogP contribution in [0.5, 0.6) is 0 Å². The number of rotatable bonds is 4. The van der Waals surface area contributed by atoms with Crippen LogP contribution in [-0.2, 0) is 0 Å². The van der Waals surface area contributed by atoms with E-state index in [0.717, 1.165) is 43.1 Å². The van der Waals surface area contributed by atoms with Crippen LogP contribution >= 0.6 is 0 Å². The standard InChI is InChI=1S/C15H26N4O/c1-11(2)13-9-16-12(3)18-14(13)17-10-15(20)5-7-19(4)8-6-15/h9,11,20H,5-8,10H2,1-4H3,(H,16,17,18). The highest BCUT2D eigenvalue weighted by atomic mass is 16.3. The van der Waals surface area contributed by atoms with Crippen molar-refractivity contribution in [1.29, 1.82) is 0 Å². The Labute approximate surface area is 121 Å². The lowest BCUT2D eigenvalue weighted by atomic mass is 9.91. The molecule has 20 heavy (non-hydrogen) atoms. The Kier molecular flexibility index (Phi) is 4.60. The molecule has 0 amide bonds. The number of nitrogens with zero attached hydrogens (tertiary/aromatic N) is 3. The summed E-state index contributed by atoms with van der Waals surface area (Å²) < 4.78 is 0. The molecule has 2 heterocycles. The van der Waals surface area contributed by atoms with Crippen LogP contribution in [0.15, 0.2) is 6.20 Å². The summed E-state index contributed by atoms with van der Waals surface area (Å²) in [5.41, 5.74) is 0.478. The summed E-state index contributed by atoms with van der Waals surface area (Å²) in [6.45, 7) is 8.58. The molecule has 2 N–H and O–H groups in total. The lowest BCUT2D eigenvalue weighted by molar-refractivity contribution is -0.00411. The third kappa shape index (κ3) is 3.67. The molecule has 5 nitrogen and oxygen atoms in total. The largest absolute Gasteiger partial charge is 0.388 e. The van der Waals surface area contributed by atoms with Gasteiger partial charge < -0.3 is 15.3 Å². The van der Waals surface area contributed by atoms with Crippen molar-refractivity contribution < 1.29 is 5.11 Å². The number of nitrogens with one attached hydrogen (secondary N) is 1. The van der Waals surface area contributed by atoms with Gasteiger partial charge in [0.15, 0.2) is 0 Å². The summed E-state index contributed by atoms with van der Waals surface area (Å²) in [6, 6.07) is 0. The van der Waals surface area contributed by atoms with Crippen LogP contribution in [0.1, 0.15) is 44.0 Å². The zero-order valence-corrected chi connectivity index (χ0v) is 13.0. The molecule has 0 radical (unpaired) electrons. The monoisotopic (exact) mass is 278 g/mol. The Hall–Kier alpha value is -1.20. The van der Waals surface area contributed by atoms with Crippen LogP contribution in [0.25, 0.3) is 0 Å². The second-order valence-corrected chi connectivity index (χ2v) is 6.26. The molecule has 0 aliphatic carbocycles. The normalized spacial score (nSPS) is 19.3. The van der Waals surface area contributed by atoms with E-state index in [2.05, 4.69) is 41.1 Å². The van der Waals surface area contributed by atoms with Crippen molar-refractivity contribution in [2.24, 2.45) is 0 Å². The summed E-state index contributed by atoms with van der Waals surface area (Å²) >= 11 is 0. The second-order valence-electron chi connectivity index (χ2n) is 6.26. The molecular weight excluding hydrogens is 252 g/mol. The van der Waals surface area contributed by atoms with Gasteiger partial charge in [0, 0.05) is 31.4 Å². The van der Waals surface area contributed by atoms with Crippen molar-refractivity contribution in [2.45, 2.75) is 45.1 Å². The SMILES string of the molecule is Cc1ncc(C(C)C)c(NCC2(O)CCN(C)CC2)n1. The van der Waals surface area contributed by atoms with Crippen molar-refractivity contribution in [3.8, 4) is 0 Å². The quantitative estimate of drug-likeness (QED) is 0.879. The van der Waals surface area contributed by atoms with E-state index in [-0.39, 0.29) is 0 Å². The molecule has 1 aromatic rings. The van der Waals surface area contributed by atoms with E-state index < -0.39 is 5.60 Å². The number of aromatic nitrogens is 2. The van der Waals surface area contributed by atoms with Gasteiger partial charge in [-0.05, 0) is 32.7 Å². The van der Waals surface area contributed by atoms with E-state index in [9.17, 15) is 5.11 Å². The maximum absolute atomic E-state index is 10.6. The molecule has 2 rings (SSSR count). The highest BCUT2D eigenvalue weighted by Gasteiger charge is 2.31. The summed E-state index contributed by atoms with van der Waals surface area (Å²) in [6.07, 6.45) is 3.49. The molecular formula is C15H26N4O. The Morgan fingerprint density at radius 3 is 2.65 bits per heavy atom. The summed E-state index contributed by atoms with van der Waals surface area (Å²) in [5, 5.41) is 14.0. The molecule has 0 spiro atoms. The topological polar surface area (TPSA) is 61.3 Å². The first-order chi connectivity index (χ1) is 9.39. The van der Waals surface area contributed by atoms with Gasteiger partial charge in [0.2, 0.25) is 0 Å². The van der Waals surface area contributed by atoms with Gasteiger partial charge in [0.25, 0.3) is 0 Å². The van der Waals surface area contributed by atoms with Gasteiger partial charge in [-0.2, -0.15) is 0 Å². The number of aryl methyl sites for hydroxylation is 1. The minimum Gasteiger partial charge on any atom is -0.388 e. The number of likely N-dealkylation sites (tertiary alicyclic amines) is 1. The van der Waals surface area contributed by atoms with Crippen molar-refractivity contribution in [3.63, 3.8) is 0 Å². The fraction of sp³-hybridized carbons (Fsp3) is 0.733. The zero-order valence-electron chi connectivity index (χ0n) is 13.0. The third-order valence-electron chi connectivity index (χ3n) is 4.06. The van der Waals surface area contributed by atoms with Crippen LogP contribution in [0.2, 0.25) is 0 Å². The fourth-order valence-corrected chi connectivity index (χ4v) is 2.50. The maximum atomic E-state index is 10.6.